The SMILES string of the molecule is CCOC(=O)N1CCC(NC(=NCC(C)c2ncc(C)s2)NCCc2ccco2)CC1.I. The number of hydrogen-bond donors (Lipinski definition) is 2. The monoisotopic (exact) mass is 575 g/mol. The molecule has 3 heterocycles. The molecule has 1 atom stereocenters. The van der Waals surface area contributed by atoms with E-state index in [1.54, 1.807) is 22.5 Å². The molecule has 1 aliphatic rings. The highest BCUT2D eigenvalue weighted by Crippen LogP contribution is 2.21. The first kappa shape index (κ1) is 26.4. The summed E-state index contributed by atoms with van der Waals surface area (Å²) in [7, 11) is 0. The van der Waals surface area contributed by atoms with E-state index in [0.29, 0.717) is 26.2 Å². The predicted octanol–water partition coefficient (Wildman–Crippen LogP) is 4.16. The third-order valence-corrected chi connectivity index (χ3v) is 6.33. The number of aromatic nitrogens is 1. The summed E-state index contributed by atoms with van der Waals surface area (Å²) in [6, 6.07) is 4.14. The van der Waals surface area contributed by atoms with E-state index >= 15 is 0 Å². The van der Waals surface area contributed by atoms with Gasteiger partial charge in [0.15, 0.2) is 5.96 Å². The number of hydrogen-bond acceptors (Lipinski definition) is 6. The van der Waals surface area contributed by atoms with Gasteiger partial charge >= 0.3 is 6.09 Å². The largest absolute Gasteiger partial charge is 0.469 e. The van der Waals surface area contributed by atoms with E-state index in [-0.39, 0.29) is 42.0 Å². The number of piperidine rings is 1. The first-order chi connectivity index (χ1) is 15.0. The lowest BCUT2D eigenvalue weighted by atomic mass is 10.1. The van der Waals surface area contributed by atoms with Crippen molar-refractivity contribution >= 4 is 47.4 Å². The number of likely N-dealkylation sites (tertiary alicyclic amines) is 1. The van der Waals surface area contributed by atoms with Crippen molar-refractivity contribution in [1.82, 2.24) is 20.5 Å². The van der Waals surface area contributed by atoms with Crippen molar-refractivity contribution in [2.45, 2.75) is 52.0 Å². The molecule has 0 aliphatic carbocycles. The molecule has 2 N–H and O–H groups in total. The number of rotatable bonds is 8. The molecule has 0 saturated carbocycles. The van der Waals surface area contributed by atoms with E-state index in [9.17, 15) is 4.79 Å². The van der Waals surface area contributed by atoms with Gasteiger partial charge in [-0.15, -0.1) is 35.3 Å². The van der Waals surface area contributed by atoms with Crippen molar-refractivity contribution in [3.8, 4) is 0 Å². The van der Waals surface area contributed by atoms with E-state index in [1.807, 2.05) is 25.3 Å². The normalized spacial score (nSPS) is 15.7. The molecule has 0 bridgehead atoms. The maximum Gasteiger partial charge on any atom is 0.409 e. The van der Waals surface area contributed by atoms with Crippen LogP contribution >= 0.6 is 35.3 Å². The van der Waals surface area contributed by atoms with E-state index in [1.165, 1.54) is 4.88 Å². The van der Waals surface area contributed by atoms with Crippen molar-refractivity contribution in [3.63, 3.8) is 0 Å². The second-order valence-electron chi connectivity index (χ2n) is 7.76. The van der Waals surface area contributed by atoms with Crippen LogP contribution in [0.2, 0.25) is 0 Å². The predicted molar refractivity (Wildman–Crippen MR) is 138 cm³/mol. The number of aliphatic imine (C=N–C) groups is 1. The van der Waals surface area contributed by atoms with Gasteiger partial charge in [-0.2, -0.15) is 0 Å². The molecule has 10 heteroatoms. The van der Waals surface area contributed by atoms with Crippen LogP contribution < -0.4 is 10.6 Å². The second-order valence-corrected chi connectivity index (χ2v) is 9.03. The zero-order chi connectivity index (χ0) is 22.1. The summed E-state index contributed by atoms with van der Waals surface area (Å²) in [6.45, 7) is 9.22. The number of ether oxygens (including phenoxy) is 1. The van der Waals surface area contributed by atoms with Crippen LogP contribution in [0.15, 0.2) is 34.0 Å². The highest BCUT2D eigenvalue weighted by Gasteiger charge is 2.24. The van der Waals surface area contributed by atoms with Crippen molar-refractivity contribution in [2.75, 3.05) is 32.8 Å². The average molecular weight is 576 g/mol. The fraction of sp³-hybridized carbons (Fsp3) is 0.591. The molecule has 1 saturated heterocycles. The number of nitrogens with one attached hydrogen (secondary N) is 2. The summed E-state index contributed by atoms with van der Waals surface area (Å²) in [4.78, 5) is 24.2. The number of nitrogens with zero attached hydrogens (tertiary/aromatic N) is 3. The number of thiazole rings is 1. The zero-order valence-electron chi connectivity index (χ0n) is 19.0. The minimum absolute atomic E-state index is 0. The van der Waals surface area contributed by atoms with Crippen LogP contribution in [-0.4, -0.2) is 60.8 Å². The Balaban J connectivity index is 0.00000363. The van der Waals surface area contributed by atoms with Crippen LogP contribution in [0.1, 0.15) is 48.3 Å². The topological polar surface area (TPSA) is 92.0 Å². The molecule has 8 nitrogen and oxygen atoms in total. The van der Waals surface area contributed by atoms with Crippen LogP contribution in [0.4, 0.5) is 4.79 Å². The Labute approximate surface area is 211 Å². The molecule has 0 spiro atoms. The number of halogens is 1. The third-order valence-electron chi connectivity index (χ3n) is 5.19. The molecular weight excluding hydrogens is 541 g/mol. The number of furan rings is 1. The smallest absolute Gasteiger partial charge is 0.409 e. The quantitative estimate of drug-likeness (QED) is 0.279. The number of carbonyl (C=O) groups is 1. The fourth-order valence-electron chi connectivity index (χ4n) is 3.43. The van der Waals surface area contributed by atoms with Crippen LogP contribution in [0, 0.1) is 6.92 Å². The minimum atomic E-state index is -0.223. The summed E-state index contributed by atoms with van der Waals surface area (Å²) in [5.41, 5.74) is 0. The molecule has 2 aromatic heterocycles. The summed E-state index contributed by atoms with van der Waals surface area (Å²) in [6.07, 6.45) is 5.89. The van der Waals surface area contributed by atoms with Crippen LogP contribution in [-0.2, 0) is 11.2 Å². The van der Waals surface area contributed by atoms with Crippen LogP contribution in [0.5, 0.6) is 0 Å². The number of carbonyl (C=O) groups excluding carboxylic acids is 1. The van der Waals surface area contributed by atoms with Gasteiger partial charge in [-0.05, 0) is 38.8 Å². The standard InChI is InChI=1S/C22H33N5O3S.HI/c1-4-29-22(28)27-11-8-18(9-12-27)26-21(23-10-7-19-6-5-13-30-19)25-14-16(2)20-24-15-17(3)31-20;/h5-6,13,15-16,18H,4,7-12,14H2,1-3H3,(H2,23,25,26);1H. The lowest BCUT2D eigenvalue weighted by Crippen LogP contribution is -2.50. The number of guanidine groups is 1. The Kier molecular flexibility index (Phi) is 11.3. The first-order valence-electron chi connectivity index (χ1n) is 11.0. The summed E-state index contributed by atoms with van der Waals surface area (Å²) in [5, 5.41) is 8.09. The Morgan fingerprint density at radius 1 is 1.44 bits per heavy atom. The van der Waals surface area contributed by atoms with Crippen molar-refractivity contribution in [1.29, 1.82) is 0 Å². The Morgan fingerprint density at radius 3 is 2.84 bits per heavy atom. The van der Waals surface area contributed by atoms with Gasteiger partial charge in [0, 0.05) is 49.1 Å². The van der Waals surface area contributed by atoms with Gasteiger partial charge in [0.1, 0.15) is 5.76 Å². The Hall–Kier alpha value is -1.82. The van der Waals surface area contributed by atoms with Crippen LogP contribution in [0.25, 0.3) is 0 Å². The Bertz CT molecular complexity index is 834. The molecule has 32 heavy (non-hydrogen) atoms. The number of aryl methyl sites for hydroxylation is 1. The maximum atomic E-state index is 11.9. The molecule has 1 aliphatic heterocycles. The summed E-state index contributed by atoms with van der Waals surface area (Å²) >= 11 is 1.72. The highest BCUT2D eigenvalue weighted by atomic mass is 127. The van der Waals surface area contributed by atoms with Gasteiger partial charge in [-0.3, -0.25) is 4.99 Å². The second kappa shape index (κ2) is 13.7. The molecule has 0 radical (unpaired) electrons. The molecular formula is C22H34IN5O3S. The minimum Gasteiger partial charge on any atom is -0.469 e. The van der Waals surface area contributed by atoms with E-state index in [2.05, 4.69) is 29.5 Å². The van der Waals surface area contributed by atoms with Gasteiger partial charge in [-0.1, -0.05) is 6.92 Å². The lowest BCUT2D eigenvalue weighted by Gasteiger charge is -2.32. The van der Waals surface area contributed by atoms with Crippen molar-refractivity contribution < 1.29 is 13.9 Å². The number of amides is 1. The van der Waals surface area contributed by atoms with E-state index in [4.69, 9.17) is 14.1 Å². The van der Waals surface area contributed by atoms with E-state index < -0.39 is 0 Å². The Morgan fingerprint density at radius 2 is 2.22 bits per heavy atom. The molecule has 1 amide bonds. The summed E-state index contributed by atoms with van der Waals surface area (Å²) < 4.78 is 10.5. The fourth-order valence-corrected chi connectivity index (χ4v) is 4.25. The molecule has 2 aromatic rings. The molecule has 3 rings (SSSR count). The van der Waals surface area contributed by atoms with Crippen LogP contribution in [0.3, 0.4) is 0 Å². The highest BCUT2D eigenvalue weighted by molar-refractivity contribution is 14.0. The zero-order valence-corrected chi connectivity index (χ0v) is 22.2. The van der Waals surface area contributed by atoms with Gasteiger partial charge < -0.3 is 24.7 Å². The van der Waals surface area contributed by atoms with Crippen molar-refractivity contribution in [3.05, 3.63) is 40.2 Å². The molecule has 1 fully saturated rings. The maximum absolute atomic E-state index is 11.9. The molecule has 1 unspecified atom stereocenters. The van der Waals surface area contributed by atoms with Crippen molar-refractivity contribution in [2.24, 2.45) is 4.99 Å². The van der Waals surface area contributed by atoms with Gasteiger partial charge in [-0.25, -0.2) is 9.78 Å². The lowest BCUT2D eigenvalue weighted by molar-refractivity contribution is 0.0963. The first-order valence-corrected chi connectivity index (χ1v) is 11.8. The summed E-state index contributed by atoms with van der Waals surface area (Å²) in [5.74, 6) is 2.00. The van der Waals surface area contributed by atoms with Gasteiger partial charge in [0.25, 0.3) is 0 Å². The van der Waals surface area contributed by atoms with Gasteiger partial charge in [0.2, 0.25) is 0 Å². The third kappa shape index (κ3) is 8.27. The van der Waals surface area contributed by atoms with E-state index in [0.717, 1.165) is 42.5 Å². The molecule has 178 valence electrons. The van der Waals surface area contributed by atoms with Gasteiger partial charge in [0.05, 0.1) is 24.4 Å². The average Bonchev–Trinajstić information content (AvgIpc) is 3.44. The molecule has 0 aromatic carbocycles.